The Morgan fingerprint density at radius 2 is 1.62 bits per heavy atom. The van der Waals surface area contributed by atoms with Crippen molar-refractivity contribution in [2.45, 2.75) is 43.5 Å². The van der Waals surface area contributed by atoms with Crippen LogP contribution in [0.3, 0.4) is 0 Å². The van der Waals surface area contributed by atoms with Gasteiger partial charge in [0.15, 0.2) is 10.7 Å². The zero-order valence-electron chi connectivity index (χ0n) is 18.9. The number of nitrogens with one attached hydrogen (secondary N) is 1. The summed E-state index contributed by atoms with van der Waals surface area (Å²) in [5.74, 6) is 0.635. The number of carbonyl (C=O) groups is 1. The van der Waals surface area contributed by atoms with Crippen molar-refractivity contribution in [3.05, 3.63) is 59.7 Å². The van der Waals surface area contributed by atoms with E-state index in [1.165, 1.54) is 13.2 Å². The fraction of sp³-hybridized carbons (Fsp3) is 0.480. The van der Waals surface area contributed by atoms with Crippen molar-refractivity contribution in [1.29, 1.82) is 0 Å². The molecule has 0 unspecified atom stereocenters. The number of sulfonamides is 1. The smallest absolute Gasteiger partial charge is 0.331 e. The maximum Gasteiger partial charge on any atom is 0.331 e. The minimum atomic E-state index is -3.80. The summed E-state index contributed by atoms with van der Waals surface area (Å²) in [6, 6.07) is 13.8. The molecule has 2 heterocycles. The molecule has 0 atom stereocenters. The Hall–Kier alpha value is -2.22. The molecule has 7 heteroatoms. The number of nitrogens with zero attached hydrogens (tertiary/aromatic N) is 1. The van der Waals surface area contributed by atoms with E-state index in [2.05, 4.69) is 12.2 Å². The third-order valence-electron chi connectivity index (χ3n) is 7.19. The van der Waals surface area contributed by atoms with Crippen molar-refractivity contribution in [2.24, 2.45) is 5.92 Å². The van der Waals surface area contributed by atoms with E-state index in [4.69, 9.17) is 4.74 Å². The summed E-state index contributed by atoms with van der Waals surface area (Å²) in [6.45, 7) is 5.07. The lowest BCUT2D eigenvalue weighted by Crippen LogP contribution is -2.64. The highest BCUT2D eigenvalue weighted by molar-refractivity contribution is 7.86. The monoisotopic (exact) mass is 457 g/mol. The van der Waals surface area contributed by atoms with E-state index in [-0.39, 0.29) is 20.6 Å². The maximum absolute atomic E-state index is 14.4. The molecular weight excluding hydrogens is 424 g/mol. The van der Waals surface area contributed by atoms with E-state index in [1.807, 2.05) is 6.07 Å². The van der Waals surface area contributed by atoms with Gasteiger partial charge in [0, 0.05) is 49.9 Å². The number of quaternary nitrogens is 1. The van der Waals surface area contributed by atoms with Crippen molar-refractivity contribution in [2.75, 3.05) is 33.3 Å². The highest BCUT2D eigenvalue weighted by Crippen LogP contribution is 2.40. The fourth-order valence-corrected chi connectivity index (χ4v) is 7.55. The molecule has 1 N–H and O–H groups in total. The lowest BCUT2D eigenvalue weighted by molar-refractivity contribution is -0.841. The second-order valence-electron chi connectivity index (χ2n) is 9.10. The average molecular weight is 458 g/mol. The minimum Gasteiger partial charge on any atom is -0.495 e. The zero-order valence-corrected chi connectivity index (χ0v) is 19.7. The Morgan fingerprint density at radius 1 is 0.969 bits per heavy atom. The third kappa shape index (κ3) is 4.09. The first kappa shape index (κ1) is 23.0. The molecule has 0 bridgehead atoms. The number of benzene rings is 2. The molecule has 6 nitrogen and oxygen atoms in total. The van der Waals surface area contributed by atoms with E-state index in [9.17, 15) is 13.2 Å². The van der Waals surface area contributed by atoms with Gasteiger partial charge in [0.2, 0.25) is 0 Å². The Morgan fingerprint density at radius 3 is 2.25 bits per heavy atom. The van der Waals surface area contributed by atoms with Gasteiger partial charge < -0.3 is 10.1 Å². The highest BCUT2D eigenvalue weighted by Gasteiger charge is 2.52. The molecule has 0 aromatic heterocycles. The first-order chi connectivity index (χ1) is 15.4. The standard InChI is InChI=1S/C25H33N2O4S/c1-19-12-16-27(17-13-19,22-10-14-26-15-11-22)32(29,30)24-18-21(8-9-23(24)31-2)25(28)20-6-4-3-5-7-20/h3-9,18-19,22,26H,10-17H2,1-2H3/q+1. The summed E-state index contributed by atoms with van der Waals surface area (Å²) in [7, 11) is -2.31. The molecule has 0 aliphatic carbocycles. The van der Waals surface area contributed by atoms with Crippen molar-refractivity contribution >= 4 is 15.8 Å². The van der Waals surface area contributed by atoms with Gasteiger partial charge in [-0.25, -0.2) is 3.89 Å². The van der Waals surface area contributed by atoms with E-state index in [0.717, 1.165) is 38.8 Å². The summed E-state index contributed by atoms with van der Waals surface area (Å²) in [5.41, 5.74) is 0.902. The lowest BCUT2D eigenvalue weighted by atomic mass is 9.95. The van der Waals surface area contributed by atoms with Gasteiger partial charge >= 0.3 is 10.0 Å². The van der Waals surface area contributed by atoms with Gasteiger partial charge in [-0.15, -0.1) is 0 Å². The van der Waals surface area contributed by atoms with Gasteiger partial charge in [0.05, 0.1) is 20.2 Å². The van der Waals surface area contributed by atoms with Crippen LogP contribution >= 0.6 is 0 Å². The quantitative estimate of drug-likeness (QED) is 0.530. The molecule has 0 amide bonds. The number of hydrogen-bond donors (Lipinski definition) is 1. The van der Waals surface area contributed by atoms with Crippen LogP contribution in [0.25, 0.3) is 0 Å². The van der Waals surface area contributed by atoms with E-state index in [0.29, 0.717) is 35.9 Å². The van der Waals surface area contributed by atoms with Gasteiger partial charge in [-0.1, -0.05) is 37.3 Å². The molecule has 2 aliphatic heterocycles. The maximum atomic E-state index is 14.4. The highest BCUT2D eigenvalue weighted by atomic mass is 32.2. The number of ketones is 1. The third-order valence-corrected chi connectivity index (χ3v) is 9.69. The number of piperidine rings is 2. The van der Waals surface area contributed by atoms with Crippen LogP contribution in [0.5, 0.6) is 5.75 Å². The van der Waals surface area contributed by atoms with Crippen molar-refractivity contribution in [3.63, 3.8) is 0 Å². The molecule has 0 spiro atoms. The Bertz CT molecular complexity index is 1050. The van der Waals surface area contributed by atoms with Crippen LogP contribution in [0.4, 0.5) is 0 Å². The summed E-state index contributed by atoms with van der Waals surface area (Å²) in [6.07, 6.45) is 3.43. The molecule has 172 valence electrons. The van der Waals surface area contributed by atoms with Crippen LogP contribution in [0.1, 0.15) is 48.5 Å². The second kappa shape index (κ2) is 9.33. The molecule has 2 aliphatic rings. The number of carbonyl (C=O) groups excluding carboxylic acids is 1. The number of rotatable bonds is 6. The van der Waals surface area contributed by atoms with Crippen LogP contribution in [0, 0.1) is 5.92 Å². The first-order valence-electron chi connectivity index (χ1n) is 11.5. The topological polar surface area (TPSA) is 72.5 Å². The fourth-order valence-electron chi connectivity index (χ4n) is 5.18. The van der Waals surface area contributed by atoms with Crippen LogP contribution in [-0.2, 0) is 10.0 Å². The van der Waals surface area contributed by atoms with E-state index < -0.39 is 10.0 Å². The van der Waals surface area contributed by atoms with Gasteiger partial charge in [0.25, 0.3) is 0 Å². The lowest BCUT2D eigenvalue weighted by Gasteiger charge is -2.47. The number of methoxy groups -OCH3 is 1. The van der Waals surface area contributed by atoms with E-state index in [1.54, 1.807) is 36.4 Å². The van der Waals surface area contributed by atoms with Crippen LogP contribution in [0.2, 0.25) is 0 Å². The Labute approximate surface area is 191 Å². The zero-order chi connectivity index (χ0) is 22.8. The normalized spacial score (nSPS) is 24.8. The average Bonchev–Trinajstić information content (AvgIpc) is 2.84. The predicted octanol–water partition coefficient (Wildman–Crippen LogP) is 3.61. The van der Waals surface area contributed by atoms with Crippen LogP contribution in [-0.4, -0.2) is 57.4 Å². The molecule has 2 saturated heterocycles. The first-order valence-corrected chi connectivity index (χ1v) is 12.9. The summed E-state index contributed by atoms with van der Waals surface area (Å²) >= 11 is 0. The minimum absolute atomic E-state index is 0.0481. The van der Waals surface area contributed by atoms with Crippen molar-refractivity contribution < 1.29 is 21.8 Å². The molecule has 32 heavy (non-hydrogen) atoms. The summed E-state index contributed by atoms with van der Waals surface area (Å²) < 4.78 is 34.3. The van der Waals surface area contributed by atoms with Gasteiger partial charge in [0.1, 0.15) is 11.8 Å². The van der Waals surface area contributed by atoms with Gasteiger partial charge in [-0.3, -0.25) is 4.79 Å². The van der Waals surface area contributed by atoms with E-state index >= 15 is 0 Å². The molecule has 2 aromatic rings. The number of ether oxygens (including phenoxy) is 1. The summed E-state index contributed by atoms with van der Waals surface area (Å²) in [5, 5.41) is 3.36. The second-order valence-corrected chi connectivity index (χ2v) is 11.2. The molecule has 0 radical (unpaired) electrons. The molecular formula is C25H33N2O4S+. The Balaban J connectivity index is 1.81. The number of likely N-dealkylation sites (tertiary alicyclic amines) is 1. The van der Waals surface area contributed by atoms with Crippen molar-refractivity contribution in [1.82, 2.24) is 5.32 Å². The Kier molecular flexibility index (Phi) is 6.70. The molecule has 2 aromatic carbocycles. The SMILES string of the molecule is COc1ccc(C(=O)c2ccccc2)cc1S(=O)(=O)[N+]1(C2CCNCC2)CCC(C)CC1. The number of hydrogen-bond acceptors (Lipinski definition) is 5. The molecule has 2 fully saturated rings. The summed E-state index contributed by atoms with van der Waals surface area (Å²) in [4.78, 5) is 13.2. The van der Waals surface area contributed by atoms with Crippen molar-refractivity contribution in [3.8, 4) is 5.75 Å². The molecule has 0 saturated carbocycles. The van der Waals surface area contributed by atoms with Crippen LogP contribution in [0.15, 0.2) is 53.4 Å². The van der Waals surface area contributed by atoms with Crippen LogP contribution < -0.4 is 10.1 Å². The largest absolute Gasteiger partial charge is 0.495 e. The predicted molar refractivity (Wildman–Crippen MR) is 124 cm³/mol. The van der Waals surface area contributed by atoms with Gasteiger partial charge in [-0.2, -0.15) is 8.42 Å². The van der Waals surface area contributed by atoms with Gasteiger partial charge in [-0.05, 0) is 24.1 Å². The molecule has 4 rings (SSSR count).